The van der Waals surface area contributed by atoms with Crippen LogP contribution >= 0.6 is 0 Å². The summed E-state index contributed by atoms with van der Waals surface area (Å²) in [6.07, 6.45) is 0. The van der Waals surface area contributed by atoms with Gasteiger partial charge in [0.2, 0.25) is 0 Å². The van der Waals surface area contributed by atoms with Gasteiger partial charge < -0.3 is 24.0 Å². The Kier molecular flexibility index (Phi) is 6.11. The van der Waals surface area contributed by atoms with Crippen molar-refractivity contribution in [1.29, 1.82) is 0 Å². The fourth-order valence-corrected chi connectivity index (χ4v) is 3.79. The molecule has 0 N–H and O–H groups in total. The molecule has 0 unspecified atom stereocenters. The molecule has 2 aliphatic rings. The highest BCUT2D eigenvalue weighted by Crippen LogP contribution is 2.32. The number of fused-ring (bicyclic) bond motifs is 1. The van der Waals surface area contributed by atoms with Gasteiger partial charge in [-0.05, 0) is 37.3 Å². The molecule has 10 nitrogen and oxygen atoms in total. The Morgan fingerprint density at radius 2 is 1.69 bits per heavy atom. The maximum absolute atomic E-state index is 12.9. The number of esters is 1. The predicted molar refractivity (Wildman–Crippen MR) is 115 cm³/mol. The van der Waals surface area contributed by atoms with Crippen LogP contribution in [0.15, 0.2) is 36.4 Å². The largest absolute Gasteiger partial charge is 0.486 e. The highest BCUT2D eigenvalue weighted by molar-refractivity contribution is 5.95. The van der Waals surface area contributed by atoms with Gasteiger partial charge in [-0.15, -0.1) is 0 Å². The molecule has 2 aromatic rings. The molecule has 0 radical (unpaired) electrons. The average Bonchev–Trinajstić information content (AvgIpc) is 2.83. The van der Waals surface area contributed by atoms with Crippen molar-refractivity contribution in [1.82, 2.24) is 4.90 Å². The second-order valence-electron chi connectivity index (χ2n) is 7.32. The summed E-state index contributed by atoms with van der Waals surface area (Å²) in [5.41, 5.74) is 0.888. The summed E-state index contributed by atoms with van der Waals surface area (Å²) in [6.45, 7) is 4.45. The molecule has 10 heteroatoms. The number of rotatable bonds is 5. The van der Waals surface area contributed by atoms with Crippen LogP contribution in [-0.4, -0.2) is 67.7 Å². The van der Waals surface area contributed by atoms with Crippen LogP contribution in [-0.2, 0) is 4.74 Å². The van der Waals surface area contributed by atoms with Gasteiger partial charge in [0, 0.05) is 37.8 Å². The molecule has 2 aliphatic heterocycles. The summed E-state index contributed by atoms with van der Waals surface area (Å²) >= 11 is 0. The molecule has 168 valence electrons. The Labute approximate surface area is 184 Å². The van der Waals surface area contributed by atoms with E-state index in [0.29, 0.717) is 62.1 Å². The molecular weight excluding hydrogens is 418 g/mol. The van der Waals surface area contributed by atoms with Gasteiger partial charge >= 0.3 is 5.97 Å². The Morgan fingerprint density at radius 3 is 2.38 bits per heavy atom. The SMILES string of the molecule is CCOC(=O)c1ccc(N2CCN(C(=O)c3ccc4c(c3)OCCO4)CC2)c([N+](=O)[O-])c1. The minimum absolute atomic E-state index is 0.131. The van der Waals surface area contributed by atoms with Crippen molar-refractivity contribution in [3.63, 3.8) is 0 Å². The predicted octanol–water partition coefficient (Wildman–Crippen LogP) is 2.51. The monoisotopic (exact) mass is 441 g/mol. The third-order valence-electron chi connectivity index (χ3n) is 5.38. The first-order valence-corrected chi connectivity index (χ1v) is 10.4. The first kappa shape index (κ1) is 21.4. The van der Waals surface area contributed by atoms with E-state index in [1.807, 2.05) is 4.90 Å². The van der Waals surface area contributed by atoms with Crippen LogP contribution in [0.2, 0.25) is 0 Å². The summed E-state index contributed by atoms with van der Waals surface area (Å²) in [5.74, 6) is 0.444. The van der Waals surface area contributed by atoms with Gasteiger partial charge in [0.1, 0.15) is 18.9 Å². The van der Waals surface area contributed by atoms with Crippen LogP contribution in [0.3, 0.4) is 0 Å². The summed E-state index contributed by atoms with van der Waals surface area (Å²) < 4.78 is 16.0. The summed E-state index contributed by atoms with van der Waals surface area (Å²) in [7, 11) is 0. The molecule has 2 aromatic carbocycles. The Bertz CT molecular complexity index is 1050. The van der Waals surface area contributed by atoms with Crippen molar-refractivity contribution >= 4 is 23.3 Å². The van der Waals surface area contributed by atoms with Gasteiger partial charge in [-0.1, -0.05) is 0 Å². The van der Waals surface area contributed by atoms with Crippen LogP contribution in [0.1, 0.15) is 27.6 Å². The van der Waals surface area contributed by atoms with Crippen LogP contribution in [0.25, 0.3) is 0 Å². The van der Waals surface area contributed by atoms with Crippen molar-refractivity contribution in [3.8, 4) is 11.5 Å². The summed E-state index contributed by atoms with van der Waals surface area (Å²) in [6, 6.07) is 9.44. The number of carbonyl (C=O) groups is 2. The quantitative estimate of drug-likeness (QED) is 0.395. The smallest absolute Gasteiger partial charge is 0.338 e. The lowest BCUT2D eigenvalue weighted by atomic mass is 10.1. The van der Waals surface area contributed by atoms with Crippen LogP contribution in [0.5, 0.6) is 11.5 Å². The fourth-order valence-electron chi connectivity index (χ4n) is 3.79. The number of piperazine rings is 1. The molecule has 32 heavy (non-hydrogen) atoms. The molecule has 1 amide bonds. The zero-order valence-corrected chi connectivity index (χ0v) is 17.6. The molecule has 1 saturated heterocycles. The van der Waals surface area contributed by atoms with Crippen LogP contribution in [0.4, 0.5) is 11.4 Å². The molecule has 4 rings (SSSR count). The topological polar surface area (TPSA) is 111 Å². The number of ether oxygens (including phenoxy) is 3. The van der Waals surface area contributed by atoms with Crippen molar-refractivity contribution in [3.05, 3.63) is 57.6 Å². The molecule has 0 bridgehead atoms. The number of benzene rings is 2. The van der Waals surface area contributed by atoms with E-state index in [1.54, 1.807) is 36.1 Å². The number of amides is 1. The van der Waals surface area contributed by atoms with Crippen molar-refractivity contribution in [2.24, 2.45) is 0 Å². The van der Waals surface area contributed by atoms with Gasteiger partial charge in [-0.25, -0.2) is 4.79 Å². The Hall–Kier alpha value is -3.82. The van der Waals surface area contributed by atoms with Crippen molar-refractivity contribution in [2.75, 3.05) is 50.9 Å². The van der Waals surface area contributed by atoms with E-state index in [0.717, 1.165) is 0 Å². The number of nitro benzene ring substituents is 1. The Balaban J connectivity index is 1.46. The normalized spacial score (nSPS) is 15.3. The molecular formula is C22H23N3O7. The number of nitrogens with zero attached hydrogens (tertiary/aromatic N) is 3. The van der Waals surface area contributed by atoms with Crippen LogP contribution < -0.4 is 14.4 Å². The van der Waals surface area contributed by atoms with Crippen molar-refractivity contribution in [2.45, 2.75) is 6.92 Å². The fraction of sp³-hybridized carbons (Fsp3) is 0.364. The Morgan fingerprint density at radius 1 is 1.00 bits per heavy atom. The van der Waals surface area contributed by atoms with E-state index < -0.39 is 10.9 Å². The van der Waals surface area contributed by atoms with Gasteiger partial charge in [0.05, 0.1) is 17.1 Å². The lowest BCUT2D eigenvalue weighted by Crippen LogP contribution is -2.49. The molecule has 1 fully saturated rings. The molecule has 0 aromatic heterocycles. The lowest BCUT2D eigenvalue weighted by molar-refractivity contribution is -0.384. The van der Waals surface area contributed by atoms with Crippen molar-refractivity contribution < 1.29 is 28.7 Å². The summed E-state index contributed by atoms with van der Waals surface area (Å²) in [5, 5.41) is 11.6. The number of hydrogen-bond donors (Lipinski definition) is 0. The maximum atomic E-state index is 12.9. The number of carbonyl (C=O) groups excluding carboxylic acids is 2. The molecule has 0 atom stereocenters. The molecule has 0 saturated carbocycles. The average molecular weight is 441 g/mol. The number of hydrogen-bond acceptors (Lipinski definition) is 8. The molecule has 2 heterocycles. The van der Waals surface area contributed by atoms with Gasteiger partial charge in [-0.3, -0.25) is 14.9 Å². The number of anilines is 1. The van der Waals surface area contributed by atoms with E-state index in [-0.39, 0.29) is 23.8 Å². The van der Waals surface area contributed by atoms with E-state index in [2.05, 4.69) is 0 Å². The molecule has 0 aliphatic carbocycles. The van der Waals surface area contributed by atoms with E-state index in [4.69, 9.17) is 14.2 Å². The third-order valence-corrected chi connectivity index (χ3v) is 5.38. The zero-order chi connectivity index (χ0) is 22.7. The van der Waals surface area contributed by atoms with E-state index in [9.17, 15) is 19.7 Å². The van der Waals surface area contributed by atoms with Gasteiger partial charge in [-0.2, -0.15) is 0 Å². The zero-order valence-electron chi connectivity index (χ0n) is 17.6. The summed E-state index contributed by atoms with van der Waals surface area (Å²) in [4.78, 5) is 39.5. The second kappa shape index (κ2) is 9.13. The second-order valence-corrected chi connectivity index (χ2v) is 7.32. The lowest BCUT2D eigenvalue weighted by Gasteiger charge is -2.36. The van der Waals surface area contributed by atoms with Crippen LogP contribution in [0, 0.1) is 10.1 Å². The van der Waals surface area contributed by atoms with E-state index in [1.165, 1.54) is 12.1 Å². The molecule has 0 spiro atoms. The minimum atomic E-state index is -0.600. The first-order valence-electron chi connectivity index (χ1n) is 10.4. The van der Waals surface area contributed by atoms with Gasteiger partial charge in [0.25, 0.3) is 11.6 Å². The van der Waals surface area contributed by atoms with E-state index >= 15 is 0 Å². The standard InChI is InChI=1S/C22H23N3O7/c1-2-30-22(27)16-3-5-17(18(13-16)25(28)29)23-7-9-24(10-8-23)21(26)15-4-6-19-20(14-15)32-12-11-31-19/h3-6,13-14H,2,7-12H2,1H3. The highest BCUT2D eigenvalue weighted by atomic mass is 16.6. The first-order chi connectivity index (χ1) is 15.5. The highest BCUT2D eigenvalue weighted by Gasteiger charge is 2.28. The van der Waals surface area contributed by atoms with Gasteiger partial charge in [0.15, 0.2) is 11.5 Å². The number of nitro groups is 1. The minimum Gasteiger partial charge on any atom is -0.486 e. The maximum Gasteiger partial charge on any atom is 0.338 e. The third kappa shape index (κ3) is 4.29.